The fourth-order valence-corrected chi connectivity index (χ4v) is 7.15. The Hall–Kier alpha value is -6.44. The quantitative estimate of drug-likeness (QED) is 0.0341. The molecular weight excluding hydrogens is 859 g/mol. The van der Waals surface area contributed by atoms with Crippen molar-refractivity contribution in [3.63, 3.8) is 0 Å². The minimum Gasteiger partial charge on any atom is -0.480 e. The van der Waals surface area contributed by atoms with Crippen LogP contribution in [-0.4, -0.2) is 167 Å². The van der Waals surface area contributed by atoms with Gasteiger partial charge in [0, 0.05) is 19.5 Å². The van der Waals surface area contributed by atoms with Crippen LogP contribution in [0.2, 0.25) is 0 Å². The summed E-state index contributed by atoms with van der Waals surface area (Å²) in [5.74, 6) is -10.6. The van der Waals surface area contributed by atoms with E-state index in [1.807, 2.05) is 5.32 Å². The Labute approximate surface area is 375 Å². The molecule has 2 saturated heterocycles. The van der Waals surface area contributed by atoms with Gasteiger partial charge < -0.3 is 75.1 Å². The topological polar surface area (TPSA) is 420 Å². The van der Waals surface area contributed by atoms with E-state index < -0.39 is 145 Å². The number of carbonyl (C=O) groups is 12. The summed E-state index contributed by atoms with van der Waals surface area (Å²) in [5, 5.41) is 25.7. The van der Waals surface area contributed by atoms with Crippen LogP contribution in [0.5, 0.6) is 0 Å². The van der Waals surface area contributed by atoms with Crippen molar-refractivity contribution in [3.05, 3.63) is 0 Å². The van der Waals surface area contributed by atoms with Crippen LogP contribution in [0, 0.1) is 5.92 Å². The summed E-state index contributed by atoms with van der Waals surface area (Å²) >= 11 is 0. The number of nitrogens with zero attached hydrogens (tertiary/aromatic N) is 2. The highest BCUT2D eigenvalue weighted by molar-refractivity contribution is 5.98. The van der Waals surface area contributed by atoms with E-state index in [9.17, 15) is 57.5 Å². The largest absolute Gasteiger partial charge is 0.480 e. The van der Waals surface area contributed by atoms with Gasteiger partial charge in [0.2, 0.25) is 65.0 Å². The van der Waals surface area contributed by atoms with Crippen molar-refractivity contribution in [2.45, 2.75) is 127 Å². The van der Waals surface area contributed by atoms with E-state index in [-0.39, 0.29) is 32.2 Å². The minimum atomic E-state index is -1.54. The van der Waals surface area contributed by atoms with Crippen molar-refractivity contribution in [3.8, 4) is 0 Å². The van der Waals surface area contributed by atoms with Crippen LogP contribution in [0.4, 0.5) is 0 Å². The third kappa shape index (κ3) is 18.3. The molecule has 7 atom stereocenters. The first-order chi connectivity index (χ1) is 30.6. The summed E-state index contributed by atoms with van der Waals surface area (Å²) in [7, 11) is 0. The van der Waals surface area contributed by atoms with Crippen molar-refractivity contribution in [2.75, 3.05) is 39.3 Å². The molecule has 0 unspecified atom stereocenters. The van der Waals surface area contributed by atoms with Gasteiger partial charge in [0.1, 0.15) is 42.8 Å². The molecule has 2 fully saturated rings. The number of unbranched alkanes of at least 4 members (excludes halogenated alkanes) is 1. The molecule has 26 nitrogen and oxygen atoms in total. The van der Waals surface area contributed by atoms with Crippen molar-refractivity contribution < 1.29 is 62.6 Å². The lowest BCUT2D eigenvalue weighted by molar-refractivity contribution is -0.141. The number of nitrogens with two attached hydrogens (primary N) is 4. The van der Waals surface area contributed by atoms with E-state index in [1.165, 1.54) is 11.8 Å². The Balaban J connectivity index is 2.08. The molecule has 2 rings (SSSR count). The average molecular weight is 924 g/mol. The van der Waals surface area contributed by atoms with Gasteiger partial charge in [-0.15, -0.1) is 0 Å². The lowest BCUT2D eigenvalue weighted by atomic mass is 10.0. The fourth-order valence-electron chi connectivity index (χ4n) is 7.15. The van der Waals surface area contributed by atoms with Gasteiger partial charge in [0.15, 0.2) is 0 Å². The van der Waals surface area contributed by atoms with Gasteiger partial charge in [0.05, 0.1) is 25.6 Å². The highest BCUT2D eigenvalue weighted by Gasteiger charge is 2.38. The molecule has 0 aliphatic carbocycles. The number of hydrogen-bond acceptors (Lipinski definition) is 14. The number of rotatable bonds is 27. The van der Waals surface area contributed by atoms with Gasteiger partial charge >= 0.3 is 5.97 Å². The van der Waals surface area contributed by atoms with Crippen molar-refractivity contribution in [1.82, 2.24) is 47.0 Å². The van der Waals surface area contributed by atoms with Gasteiger partial charge in [-0.05, 0) is 70.8 Å². The smallest absolute Gasteiger partial charge is 0.322 e. The summed E-state index contributed by atoms with van der Waals surface area (Å²) in [6.45, 7) is 3.32. The number of carbonyl (C=O) groups excluding carboxylic acids is 11. The first-order valence-electron chi connectivity index (χ1n) is 21.4. The molecule has 2 aliphatic rings. The number of likely N-dealkylation sites (tertiary alicyclic amines) is 2. The molecular formula is C39H65N13O13. The van der Waals surface area contributed by atoms with Crippen LogP contribution < -0.4 is 60.2 Å². The molecule has 11 amide bonds. The minimum absolute atomic E-state index is 0.0656. The Morgan fingerprint density at radius 2 is 1.15 bits per heavy atom. The Morgan fingerprint density at radius 1 is 0.631 bits per heavy atom. The molecule has 0 radical (unpaired) electrons. The van der Waals surface area contributed by atoms with Crippen LogP contribution in [-0.2, 0) is 57.5 Å². The third-order valence-corrected chi connectivity index (χ3v) is 10.6. The van der Waals surface area contributed by atoms with Crippen LogP contribution in [0.1, 0.15) is 85.0 Å². The molecule has 364 valence electrons. The molecule has 0 bridgehead atoms. The summed E-state index contributed by atoms with van der Waals surface area (Å²) < 4.78 is 0. The number of primary amides is 2. The summed E-state index contributed by atoms with van der Waals surface area (Å²) in [6, 6.07) is -8.16. The van der Waals surface area contributed by atoms with E-state index in [1.54, 1.807) is 13.8 Å². The number of hydrogen-bond donors (Lipinski definition) is 12. The Kier molecular flexibility index (Phi) is 22.7. The molecule has 16 N–H and O–H groups in total. The van der Waals surface area contributed by atoms with Crippen molar-refractivity contribution in [2.24, 2.45) is 28.9 Å². The lowest BCUT2D eigenvalue weighted by Gasteiger charge is -2.28. The van der Waals surface area contributed by atoms with Crippen LogP contribution >= 0.6 is 0 Å². The highest BCUT2D eigenvalue weighted by atomic mass is 16.4. The van der Waals surface area contributed by atoms with Crippen LogP contribution in [0.3, 0.4) is 0 Å². The highest BCUT2D eigenvalue weighted by Crippen LogP contribution is 2.20. The number of carboxylic acid groups (broad SMARTS) is 1. The number of carboxylic acids is 1. The first-order valence-corrected chi connectivity index (χ1v) is 21.4. The number of amides is 11. The predicted molar refractivity (Wildman–Crippen MR) is 227 cm³/mol. The average Bonchev–Trinajstić information content (AvgIpc) is 3.94. The SMILES string of the molecule is CC(C)[C@H](NC(=O)CNC(=O)[C@H](CCCCN)NC(=O)[C@@H]1CCCN1C(=O)[C@H](C)N)C(=O)N[C@@H](CCC(N)=O)C(=O)NCC(=O)N1CCC[C@H]1C(=O)N[C@@H](CC(N)=O)C(=O)NCC(=O)O. The monoisotopic (exact) mass is 923 g/mol. The Morgan fingerprint density at radius 3 is 1.69 bits per heavy atom. The van der Waals surface area contributed by atoms with Gasteiger partial charge in [-0.3, -0.25) is 57.5 Å². The predicted octanol–water partition coefficient (Wildman–Crippen LogP) is -6.39. The summed E-state index contributed by atoms with van der Waals surface area (Å²) in [4.78, 5) is 155. The normalized spacial score (nSPS) is 17.9. The molecule has 0 aromatic rings. The van der Waals surface area contributed by atoms with Gasteiger partial charge in [-0.25, -0.2) is 0 Å². The molecule has 2 heterocycles. The number of aliphatic carboxylic acids is 1. The van der Waals surface area contributed by atoms with Crippen LogP contribution in [0.15, 0.2) is 0 Å². The molecule has 0 aromatic heterocycles. The van der Waals surface area contributed by atoms with E-state index in [0.717, 1.165) is 4.90 Å². The zero-order chi connectivity index (χ0) is 49.0. The van der Waals surface area contributed by atoms with E-state index >= 15 is 0 Å². The second-order valence-electron chi connectivity index (χ2n) is 16.2. The second kappa shape index (κ2) is 27.0. The Bertz CT molecular complexity index is 1780. The molecule has 26 heteroatoms. The first kappa shape index (κ1) is 54.7. The molecule has 0 aromatic carbocycles. The summed E-state index contributed by atoms with van der Waals surface area (Å²) in [6.07, 6.45) is 1.24. The number of nitrogens with one attached hydrogen (secondary N) is 7. The molecule has 0 saturated carbocycles. The fraction of sp³-hybridized carbons (Fsp3) is 0.692. The van der Waals surface area contributed by atoms with Crippen LogP contribution in [0.25, 0.3) is 0 Å². The molecule has 65 heavy (non-hydrogen) atoms. The standard InChI is InChI=1S/C39H65N13O13/c1-20(2)32(50-29(55)17-44-33(59)22(8-4-5-13-40)47-37(63)26-10-7-15-52(26)39(65)21(3)41)38(64)48-23(11-12-27(42)53)34(60)45-18-30(56)51-14-6-9-25(51)36(62)49-24(16-28(43)54)35(61)46-19-31(57)58/h20-26,32H,4-19,40-41H2,1-3H3,(H2,42,53)(H2,43,54)(H,44,59)(H,45,60)(H,46,61)(H,47,63)(H,48,64)(H,49,62)(H,50,55)(H,57,58)/t21-,22-,23-,24-,25-,26-,32-/m0/s1. The zero-order valence-corrected chi connectivity index (χ0v) is 37.0. The van der Waals surface area contributed by atoms with Gasteiger partial charge in [-0.2, -0.15) is 0 Å². The second-order valence-corrected chi connectivity index (χ2v) is 16.2. The van der Waals surface area contributed by atoms with Crippen molar-refractivity contribution in [1.29, 1.82) is 0 Å². The maximum absolute atomic E-state index is 13.6. The van der Waals surface area contributed by atoms with Crippen molar-refractivity contribution >= 4 is 70.9 Å². The van der Waals surface area contributed by atoms with E-state index in [4.69, 9.17) is 28.0 Å². The summed E-state index contributed by atoms with van der Waals surface area (Å²) in [5.41, 5.74) is 21.9. The third-order valence-electron chi connectivity index (χ3n) is 10.6. The maximum atomic E-state index is 13.6. The lowest BCUT2D eigenvalue weighted by Crippen LogP contribution is -2.58. The van der Waals surface area contributed by atoms with E-state index in [2.05, 4.69) is 31.9 Å². The van der Waals surface area contributed by atoms with Gasteiger partial charge in [0.25, 0.3) is 0 Å². The van der Waals surface area contributed by atoms with Gasteiger partial charge in [-0.1, -0.05) is 13.8 Å². The maximum Gasteiger partial charge on any atom is 0.322 e. The molecule has 0 spiro atoms. The van der Waals surface area contributed by atoms with E-state index in [0.29, 0.717) is 45.2 Å². The molecule has 2 aliphatic heterocycles. The zero-order valence-electron chi connectivity index (χ0n) is 37.0.